The minimum atomic E-state index is 0.652. The Hall–Kier alpha value is -0.780. The molecule has 0 unspecified atom stereocenters. The lowest BCUT2D eigenvalue weighted by atomic mass is 10.3. The summed E-state index contributed by atoms with van der Waals surface area (Å²) in [6.45, 7) is 3.72. The molecule has 1 aromatic heterocycles. The standard InChI is InChI=1S/C10H13NS/c1-3-7-11-8-10-6-5-9(4-2)12-10/h1,5-6,11H,4,7-8H2,2H3. The van der Waals surface area contributed by atoms with E-state index in [1.807, 2.05) is 11.3 Å². The fraction of sp³-hybridized carbons (Fsp3) is 0.400. The quantitative estimate of drug-likeness (QED) is 0.551. The van der Waals surface area contributed by atoms with Gasteiger partial charge in [-0.15, -0.1) is 17.8 Å². The van der Waals surface area contributed by atoms with Gasteiger partial charge >= 0.3 is 0 Å². The van der Waals surface area contributed by atoms with Crippen LogP contribution in [-0.4, -0.2) is 6.54 Å². The lowest BCUT2D eigenvalue weighted by molar-refractivity contribution is 0.781. The molecule has 0 saturated carbocycles. The molecular formula is C10H13NS. The van der Waals surface area contributed by atoms with Gasteiger partial charge in [-0.25, -0.2) is 0 Å². The van der Waals surface area contributed by atoms with Crippen LogP contribution in [0.3, 0.4) is 0 Å². The van der Waals surface area contributed by atoms with Gasteiger partial charge in [-0.3, -0.25) is 0 Å². The number of hydrogen-bond donors (Lipinski definition) is 1. The summed E-state index contributed by atoms with van der Waals surface area (Å²) in [4.78, 5) is 2.80. The zero-order chi connectivity index (χ0) is 8.81. The molecule has 0 fully saturated rings. The maximum absolute atomic E-state index is 5.11. The van der Waals surface area contributed by atoms with Crippen molar-refractivity contribution in [3.63, 3.8) is 0 Å². The summed E-state index contributed by atoms with van der Waals surface area (Å²) < 4.78 is 0. The smallest absolute Gasteiger partial charge is 0.0576 e. The number of rotatable bonds is 4. The van der Waals surface area contributed by atoms with Crippen molar-refractivity contribution in [3.05, 3.63) is 21.9 Å². The SMILES string of the molecule is C#CCNCc1ccc(CC)s1. The second kappa shape index (κ2) is 4.97. The summed E-state index contributed by atoms with van der Waals surface area (Å²) in [6.07, 6.45) is 6.24. The monoisotopic (exact) mass is 179 g/mol. The third-order valence-electron chi connectivity index (χ3n) is 1.59. The minimum Gasteiger partial charge on any atom is -0.301 e. The van der Waals surface area contributed by atoms with Crippen molar-refractivity contribution in [2.75, 3.05) is 6.54 Å². The van der Waals surface area contributed by atoms with Crippen LogP contribution < -0.4 is 5.32 Å². The molecule has 1 N–H and O–H groups in total. The largest absolute Gasteiger partial charge is 0.301 e. The van der Waals surface area contributed by atoms with E-state index in [2.05, 4.69) is 30.3 Å². The molecule has 0 atom stereocenters. The van der Waals surface area contributed by atoms with Crippen LogP contribution in [-0.2, 0) is 13.0 Å². The van der Waals surface area contributed by atoms with Gasteiger partial charge in [-0.2, -0.15) is 0 Å². The molecular weight excluding hydrogens is 166 g/mol. The number of aryl methyl sites for hydroxylation is 1. The first-order chi connectivity index (χ1) is 5.86. The normalized spacial score (nSPS) is 9.67. The van der Waals surface area contributed by atoms with Gasteiger partial charge < -0.3 is 5.32 Å². The van der Waals surface area contributed by atoms with Crippen LogP contribution in [0.2, 0.25) is 0 Å². The molecule has 0 aliphatic heterocycles. The highest BCUT2D eigenvalue weighted by atomic mass is 32.1. The Bertz CT molecular complexity index is 270. The molecule has 0 saturated heterocycles. The van der Waals surface area contributed by atoms with Gasteiger partial charge in [0.1, 0.15) is 0 Å². The average molecular weight is 179 g/mol. The zero-order valence-corrected chi connectivity index (χ0v) is 8.08. The molecule has 0 aliphatic rings. The second-order valence-electron chi connectivity index (χ2n) is 2.53. The molecule has 0 radical (unpaired) electrons. The van der Waals surface area contributed by atoms with Gasteiger partial charge in [0.15, 0.2) is 0 Å². The van der Waals surface area contributed by atoms with Crippen molar-refractivity contribution in [2.24, 2.45) is 0 Å². The summed E-state index contributed by atoms with van der Waals surface area (Å²) in [7, 11) is 0. The van der Waals surface area contributed by atoms with Crippen LogP contribution in [0.1, 0.15) is 16.7 Å². The third-order valence-corrected chi connectivity index (χ3v) is 2.82. The Morgan fingerprint density at radius 2 is 2.25 bits per heavy atom. The van der Waals surface area contributed by atoms with Gasteiger partial charge in [-0.05, 0) is 18.6 Å². The molecule has 1 aromatic rings. The van der Waals surface area contributed by atoms with E-state index in [0.29, 0.717) is 6.54 Å². The number of nitrogens with one attached hydrogen (secondary N) is 1. The molecule has 1 nitrogen and oxygen atoms in total. The highest BCUT2D eigenvalue weighted by Gasteiger charge is 1.96. The van der Waals surface area contributed by atoms with Gasteiger partial charge in [-0.1, -0.05) is 12.8 Å². The van der Waals surface area contributed by atoms with Crippen molar-refractivity contribution < 1.29 is 0 Å². The van der Waals surface area contributed by atoms with Crippen LogP contribution in [0.4, 0.5) is 0 Å². The Kier molecular flexibility index (Phi) is 3.86. The van der Waals surface area contributed by atoms with Gasteiger partial charge in [0.25, 0.3) is 0 Å². The molecule has 0 aromatic carbocycles. The summed E-state index contributed by atoms with van der Waals surface area (Å²) >= 11 is 1.85. The molecule has 12 heavy (non-hydrogen) atoms. The molecule has 0 bridgehead atoms. The third kappa shape index (κ3) is 2.69. The van der Waals surface area contributed by atoms with E-state index in [1.54, 1.807) is 0 Å². The molecule has 1 heterocycles. The van der Waals surface area contributed by atoms with Crippen molar-refractivity contribution in [2.45, 2.75) is 19.9 Å². The molecule has 0 spiro atoms. The summed E-state index contributed by atoms with van der Waals surface area (Å²) in [6, 6.07) is 4.34. The van der Waals surface area contributed by atoms with Crippen LogP contribution in [0.15, 0.2) is 12.1 Å². The first-order valence-electron chi connectivity index (χ1n) is 4.08. The molecule has 0 amide bonds. The van der Waals surface area contributed by atoms with Gasteiger partial charge in [0.05, 0.1) is 6.54 Å². The Morgan fingerprint density at radius 1 is 1.50 bits per heavy atom. The van der Waals surface area contributed by atoms with Crippen molar-refractivity contribution >= 4 is 11.3 Å². The van der Waals surface area contributed by atoms with E-state index >= 15 is 0 Å². The van der Waals surface area contributed by atoms with E-state index < -0.39 is 0 Å². The number of hydrogen-bond acceptors (Lipinski definition) is 2. The number of thiophene rings is 1. The van der Waals surface area contributed by atoms with E-state index in [0.717, 1.165) is 13.0 Å². The van der Waals surface area contributed by atoms with E-state index in [1.165, 1.54) is 9.75 Å². The van der Waals surface area contributed by atoms with E-state index in [9.17, 15) is 0 Å². The van der Waals surface area contributed by atoms with Crippen LogP contribution in [0.5, 0.6) is 0 Å². The van der Waals surface area contributed by atoms with Crippen molar-refractivity contribution in [1.29, 1.82) is 0 Å². The van der Waals surface area contributed by atoms with Gasteiger partial charge in [0, 0.05) is 16.3 Å². The lowest BCUT2D eigenvalue weighted by Crippen LogP contribution is -2.11. The molecule has 2 heteroatoms. The Labute approximate surface area is 77.8 Å². The maximum atomic E-state index is 5.11. The summed E-state index contributed by atoms with van der Waals surface area (Å²) in [5.74, 6) is 2.55. The number of terminal acetylenes is 1. The maximum Gasteiger partial charge on any atom is 0.0576 e. The molecule has 1 rings (SSSR count). The van der Waals surface area contributed by atoms with Crippen LogP contribution in [0.25, 0.3) is 0 Å². The fourth-order valence-corrected chi connectivity index (χ4v) is 1.89. The van der Waals surface area contributed by atoms with Gasteiger partial charge in [0.2, 0.25) is 0 Å². The predicted octanol–water partition coefficient (Wildman–Crippen LogP) is 2.03. The lowest BCUT2D eigenvalue weighted by Gasteiger charge is -1.95. The highest BCUT2D eigenvalue weighted by molar-refractivity contribution is 7.11. The predicted molar refractivity (Wildman–Crippen MR) is 54.2 cm³/mol. The fourth-order valence-electron chi connectivity index (χ4n) is 0.965. The average Bonchev–Trinajstić information content (AvgIpc) is 2.53. The minimum absolute atomic E-state index is 0.652. The van der Waals surface area contributed by atoms with Crippen molar-refractivity contribution in [3.8, 4) is 12.3 Å². The molecule has 64 valence electrons. The van der Waals surface area contributed by atoms with E-state index in [-0.39, 0.29) is 0 Å². The highest BCUT2D eigenvalue weighted by Crippen LogP contribution is 2.16. The summed E-state index contributed by atoms with van der Waals surface area (Å²) in [5, 5.41) is 3.16. The van der Waals surface area contributed by atoms with Crippen molar-refractivity contribution in [1.82, 2.24) is 5.32 Å². The Balaban J connectivity index is 2.37. The first-order valence-corrected chi connectivity index (χ1v) is 4.90. The Morgan fingerprint density at radius 3 is 2.83 bits per heavy atom. The first kappa shape index (κ1) is 9.31. The topological polar surface area (TPSA) is 12.0 Å². The van der Waals surface area contributed by atoms with Crippen LogP contribution in [0, 0.1) is 12.3 Å². The second-order valence-corrected chi connectivity index (χ2v) is 3.78. The van der Waals surface area contributed by atoms with Crippen LogP contribution >= 0.6 is 11.3 Å². The van der Waals surface area contributed by atoms with E-state index in [4.69, 9.17) is 6.42 Å². The summed E-state index contributed by atoms with van der Waals surface area (Å²) in [5.41, 5.74) is 0. The zero-order valence-electron chi connectivity index (χ0n) is 7.26. The molecule has 0 aliphatic carbocycles.